The van der Waals surface area contributed by atoms with Crippen molar-refractivity contribution in [2.45, 2.75) is 6.42 Å². The molecule has 2 N–H and O–H groups in total. The van der Waals surface area contributed by atoms with Crippen LogP contribution in [0.3, 0.4) is 0 Å². The van der Waals surface area contributed by atoms with E-state index in [1.807, 2.05) is 35.0 Å². The molecule has 0 atom stereocenters. The van der Waals surface area contributed by atoms with Crippen LogP contribution >= 0.6 is 11.6 Å². The Morgan fingerprint density at radius 2 is 2.22 bits per heavy atom. The summed E-state index contributed by atoms with van der Waals surface area (Å²) in [4.78, 5) is 19.4. The predicted molar refractivity (Wildman–Crippen MR) is 104 cm³/mol. The van der Waals surface area contributed by atoms with Gasteiger partial charge in [0.05, 0.1) is 5.69 Å². The van der Waals surface area contributed by atoms with Gasteiger partial charge < -0.3 is 10.3 Å². The molecule has 0 unspecified atom stereocenters. The molecule has 27 heavy (non-hydrogen) atoms. The Morgan fingerprint density at radius 1 is 1.33 bits per heavy atom. The number of H-pyrrole nitrogens is 1. The van der Waals surface area contributed by atoms with E-state index in [0.29, 0.717) is 23.8 Å². The number of benzene rings is 1. The lowest BCUT2D eigenvalue weighted by atomic mass is 10.1. The van der Waals surface area contributed by atoms with Crippen LogP contribution in [0, 0.1) is 5.82 Å². The highest BCUT2D eigenvalue weighted by Gasteiger charge is 2.08. The predicted octanol–water partition coefficient (Wildman–Crippen LogP) is 3.98. The van der Waals surface area contributed by atoms with Crippen LogP contribution in [0.4, 0.5) is 4.39 Å². The third-order valence-electron chi connectivity index (χ3n) is 4.34. The molecule has 0 fully saturated rings. The van der Waals surface area contributed by atoms with Crippen LogP contribution in [0.25, 0.3) is 22.6 Å². The fourth-order valence-corrected chi connectivity index (χ4v) is 3.28. The third-order valence-corrected chi connectivity index (χ3v) is 4.62. The van der Waals surface area contributed by atoms with Crippen molar-refractivity contribution in [1.29, 1.82) is 0 Å². The first-order valence-corrected chi connectivity index (χ1v) is 8.83. The minimum Gasteiger partial charge on any atom is -0.361 e. The second-order valence-corrected chi connectivity index (χ2v) is 6.45. The van der Waals surface area contributed by atoms with E-state index in [0.717, 1.165) is 22.1 Å². The number of aromatic nitrogens is 3. The van der Waals surface area contributed by atoms with Gasteiger partial charge in [0.15, 0.2) is 5.15 Å². The Labute approximate surface area is 159 Å². The zero-order chi connectivity index (χ0) is 18.8. The fourth-order valence-electron chi connectivity index (χ4n) is 3.03. The third kappa shape index (κ3) is 3.57. The van der Waals surface area contributed by atoms with Crippen LogP contribution in [-0.2, 0) is 11.2 Å². The smallest absolute Gasteiger partial charge is 0.244 e. The van der Waals surface area contributed by atoms with Crippen molar-refractivity contribution in [2.24, 2.45) is 0 Å². The maximum absolute atomic E-state index is 13.2. The van der Waals surface area contributed by atoms with Gasteiger partial charge >= 0.3 is 0 Å². The van der Waals surface area contributed by atoms with Crippen LogP contribution in [-0.4, -0.2) is 26.8 Å². The number of imidazole rings is 1. The molecule has 5 nitrogen and oxygen atoms in total. The zero-order valence-corrected chi connectivity index (χ0v) is 15.0. The second kappa shape index (κ2) is 7.25. The lowest BCUT2D eigenvalue weighted by Crippen LogP contribution is -2.23. The molecular formula is C20H16ClFN4O. The molecule has 3 aromatic heterocycles. The van der Waals surface area contributed by atoms with E-state index in [9.17, 15) is 9.18 Å². The quantitative estimate of drug-likeness (QED) is 0.513. The summed E-state index contributed by atoms with van der Waals surface area (Å²) < 4.78 is 15.0. The summed E-state index contributed by atoms with van der Waals surface area (Å²) in [5, 5.41) is 4.14. The van der Waals surface area contributed by atoms with Gasteiger partial charge in [-0.2, -0.15) is 0 Å². The first-order chi connectivity index (χ1) is 13.1. The Balaban J connectivity index is 1.39. The minimum atomic E-state index is -0.277. The molecule has 0 aliphatic carbocycles. The number of aromatic amines is 1. The van der Waals surface area contributed by atoms with Crippen molar-refractivity contribution >= 4 is 40.1 Å². The van der Waals surface area contributed by atoms with E-state index in [1.165, 1.54) is 18.2 Å². The van der Waals surface area contributed by atoms with Gasteiger partial charge in [-0.15, -0.1) is 0 Å². The highest BCUT2D eigenvalue weighted by atomic mass is 35.5. The van der Waals surface area contributed by atoms with E-state index in [-0.39, 0.29) is 11.7 Å². The number of fused-ring (bicyclic) bond motifs is 2. The minimum absolute atomic E-state index is 0.220. The number of amides is 1. The number of carbonyl (C=O) groups excluding carboxylic acids is 1. The van der Waals surface area contributed by atoms with E-state index in [2.05, 4.69) is 15.3 Å². The SMILES string of the molecule is O=C(/C=C/c1c(Cl)nc2ccccn12)NCCc1c[nH]c2cc(F)ccc12. The summed E-state index contributed by atoms with van der Waals surface area (Å²) in [6, 6.07) is 10.2. The van der Waals surface area contributed by atoms with Gasteiger partial charge in [-0.3, -0.25) is 9.20 Å². The molecule has 136 valence electrons. The largest absolute Gasteiger partial charge is 0.361 e. The number of halogens is 2. The number of hydrogen-bond donors (Lipinski definition) is 2. The van der Waals surface area contributed by atoms with E-state index >= 15 is 0 Å². The van der Waals surface area contributed by atoms with Crippen LogP contribution < -0.4 is 5.32 Å². The molecule has 0 saturated carbocycles. The molecule has 1 aromatic carbocycles. The Morgan fingerprint density at radius 3 is 3.11 bits per heavy atom. The fraction of sp³-hybridized carbons (Fsp3) is 0.100. The first kappa shape index (κ1) is 17.3. The van der Waals surface area contributed by atoms with Crippen LogP contribution in [0.2, 0.25) is 5.15 Å². The average molecular weight is 383 g/mol. The summed E-state index contributed by atoms with van der Waals surface area (Å²) in [6.07, 6.45) is 7.40. The van der Waals surface area contributed by atoms with Crippen molar-refractivity contribution in [3.05, 3.63) is 77.1 Å². The number of carbonyl (C=O) groups is 1. The van der Waals surface area contributed by atoms with E-state index in [4.69, 9.17) is 11.6 Å². The van der Waals surface area contributed by atoms with Crippen molar-refractivity contribution < 1.29 is 9.18 Å². The highest BCUT2D eigenvalue weighted by Crippen LogP contribution is 2.20. The number of rotatable bonds is 5. The van der Waals surface area contributed by atoms with Crippen molar-refractivity contribution in [3.8, 4) is 0 Å². The Hall–Kier alpha value is -3.12. The standard InChI is InChI=1S/C20H16ClFN4O/c21-20-17(26-10-2-1-3-18(26)25-20)6-7-19(27)23-9-8-13-12-24-16-11-14(22)4-5-15(13)16/h1-7,10-12,24H,8-9H2,(H,23,27)/b7-6+. The molecule has 0 saturated heterocycles. The molecule has 4 aromatic rings. The number of nitrogens with one attached hydrogen (secondary N) is 2. The average Bonchev–Trinajstić information content (AvgIpc) is 3.19. The molecule has 3 heterocycles. The van der Waals surface area contributed by atoms with Crippen LogP contribution in [0.1, 0.15) is 11.3 Å². The van der Waals surface area contributed by atoms with Crippen molar-refractivity contribution in [1.82, 2.24) is 19.7 Å². The normalized spacial score (nSPS) is 11.6. The first-order valence-electron chi connectivity index (χ1n) is 8.46. The summed E-state index contributed by atoms with van der Waals surface area (Å²) in [6.45, 7) is 0.467. The van der Waals surface area contributed by atoms with Crippen LogP contribution in [0.5, 0.6) is 0 Å². The maximum Gasteiger partial charge on any atom is 0.244 e. The highest BCUT2D eigenvalue weighted by molar-refractivity contribution is 6.31. The van der Waals surface area contributed by atoms with Gasteiger partial charge in [0.25, 0.3) is 0 Å². The molecular weight excluding hydrogens is 367 g/mol. The lowest BCUT2D eigenvalue weighted by Gasteiger charge is -2.02. The van der Waals surface area contributed by atoms with Crippen molar-refractivity contribution in [3.63, 3.8) is 0 Å². The summed E-state index contributed by atoms with van der Waals surface area (Å²) in [5.74, 6) is -0.497. The Bertz CT molecular complexity index is 1160. The lowest BCUT2D eigenvalue weighted by molar-refractivity contribution is -0.116. The maximum atomic E-state index is 13.2. The summed E-state index contributed by atoms with van der Waals surface area (Å²) in [7, 11) is 0. The molecule has 1 amide bonds. The molecule has 7 heteroatoms. The topological polar surface area (TPSA) is 62.2 Å². The van der Waals surface area contributed by atoms with E-state index < -0.39 is 0 Å². The number of nitrogens with zero attached hydrogens (tertiary/aromatic N) is 2. The van der Waals surface area contributed by atoms with Gasteiger partial charge in [0.2, 0.25) is 5.91 Å². The van der Waals surface area contributed by atoms with Gasteiger partial charge in [0, 0.05) is 35.9 Å². The number of pyridine rings is 1. The van der Waals surface area contributed by atoms with Gasteiger partial charge in [-0.1, -0.05) is 17.7 Å². The van der Waals surface area contributed by atoms with Gasteiger partial charge in [-0.25, -0.2) is 9.37 Å². The van der Waals surface area contributed by atoms with Crippen molar-refractivity contribution in [2.75, 3.05) is 6.54 Å². The zero-order valence-electron chi connectivity index (χ0n) is 14.2. The molecule has 0 spiro atoms. The molecule has 0 radical (unpaired) electrons. The summed E-state index contributed by atoms with van der Waals surface area (Å²) >= 11 is 6.14. The van der Waals surface area contributed by atoms with E-state index in [1.54, 1.807) is 12.1 Å². The second-order valence-electron chi connectivity index (χ2n) is 6.09. The molecule has 0 aliphatic rings. The molecule has 0 aliphatic heterocycles. The molecule has 0 bridgehead atoms. The Kier molecular flexibility index (Phi) is 4.64. The molecule has 4 rings (SSSR count). The van der Waals surface area contributed by atoms with Gasteiger partial charge in [-0.05, 0) is 48.4 Å². The summed E-state index contributed by atoms with van der Waals surface area (Å²) in [5.41, 5.74) is 3.15. The van der Waals surface area contributed by atoms with Gasteiger partial charge in [0.1, 0.15) is 11.5 Å². The van der Waals surface area contributed by atoms with Crippen LogP contribution in [0.15, 0.2) is 54.9 Å². The monoisotopic (exact) mass is 382 g/mol. The number of hydrogen-bond acceptors (Lipinski definition) is 2.